The second kappa shape index (κ2) is 5.14. The van der Waals surface area contributed by atoms with E-state index in [2.05, 4.69) is 0 Å². The minimum Gasteiger partial charge on any atom is -0.504 e. The van der Waals surface area contributed by atoms with Gasteiger partial charge < -0.3 is 24.4 Å². The maximum Gasteiger partial charge on any atom is 0.208 e. The fourth-order valence-corrected chi connectivity index (χ4v) is 1.70. The smallest absolute Gasteiger partial charge is 0.208 e. The molecule has 0 aliphatic rings. The topological polar surface area (TPSA) is 68.2 Å². The van der Waals surface area contributed by atoms with Gasteiger partial charge in [-0.25, -0.2) is 0 Å². The highest BCUT2D eigenvalue weighted by atomic mass is 35.5. The maximum atomic E-state index is 9.80. The zero-order valence-corrected chi connectivity index (χ0v) is 9.96. The Morgan fingerprint density at radius 3 is 1.88 bits per heavy atom. The first-order valence-electron chi connectivity index (χ1n) is 4.42. The number of aliphatic hydroxyl groups excluding tert-OH is 1. The normalized spacial score (nSPS) is 10.1. The molecular weight excluding hydrogens is 236 g/mol. The van der Waals surface area contributed by atoms with Gasteiger partial charge in [0.15, 0.2) is 11.5 Å². The third kappa shape index (κ3) is 1.83. The summed E-state index contributed by atoms with van der Waals surface area (Å²) in [4.78, 5) is 0. The minimum atomic E-state index is -0.429. The van der Waals surface area contributed by atoms with Crippen molar-refractivity contribution in [1.82, 2.24) is 0 Å². The first kappa shape index (κ1) is 12.7. The summed E-state index contributed by atoms with van der Waals surface area (Å²) in [5, 5.41) is 19.0. The largest absolute Gasteiger partial charge is 0.504 e. The molecule has 0 bridgehead atoms. The standard InChI is InChI=1S/C10H13ClO5/c1-14-8-6(11)5(4-12)7(13)9(15-2)10(8)16-3/h12-13H,4H2,1-3H3. The fourth-order valence-electron chi connectivity index (χ4n) is 1.39. The van der Waals surface area contributed by atoms with Crippen LogP contribution in [0.5, 0.6) is 23.0 Å². The fraction of sp³-hybridized carbons (Fsp3) is 0.400. The Labute approximate surface area is 98.1 Å². The van der Waals surface area contributed by atoms with Crippen LogP contribution in [0.2, 0.25) is 5.02 Å². The number of hydrogen-bond donors (Lipinski definition) is 2. The van der Waals surface area contributed by atoms with Crippen LogP contribution in [0.15, 0.2) is 0 Å². The lowest BCUT2D eigenvalue weighted by atomic mass is 10.1. The van der Waals surface area contributed by atoms with E-state index >= 15 is 0 Å². The number of aliphatic hydroxyl groups is 1. The molecule has 0 saturated heterocycles. The summed E-state index contributed by atoms with van der Waals surface area (Å²) >= 11 is 5.95. The molecule has 16 heavy (non-hydrogen) atoms. The van der Waals surface area contributed by atoms with E-state index in [-0.39, 0.29) is 33.6 Å². The molecule has 2 N–H and O–H groups in total. The van der Waals surface area contributed by atoms with E-state index in [0.29, 0.717) is 0 Å². The molecular formula is C10H13ClO5. The number of benzene rings is 1. The highest BCUT2D eigenvalue weighted by molar-refractivity contribution is 6.33. The first-order valence-corrected chi connectivity index (χ1v) is 4.80. The lowest BCUT2D eigenvalue weighted by Gasteiger charge is -2.17. The quantitative estimate of drug-likeness (QED) is 0.847. The lowest BCUT2D eigenvalue weighted by Crippen LogP contribution is -1.99. The van der Waals surface area contributed by atoms with Crippen molar-refractivity contribution in [2.24, 2.45) is 0 Å². The SMILES string of the molecule is COc1c(O)c(CO)c(Cl)c(OC)c1OC. The Kier molecular flexibility index (Phi) is 4.09. The summed E-state index contributed by atoms with van der Waals surface area (Å²) in [6, 6.07) is 0. The van der Waals surface area contributed by atoms with E-state index in [9.17, 15) is 5.11 Å². The molecule has 5 nitrogen and oxygen atoms in total. The molecule has 0 radical (unpaired) electrons. The monoisotopic (exact) mass is 248 g/mol. The van der Waals surface area contributed by atoms with Crippen molar-refractivity contribution in [2.45, 2.75) is 6.61 Å². The average Bonchev–Trinajstić information content (AvgIpc) is 2.29. The molecule has 0 heterocycles. The van der Waals surface area contributed by atoms with Crippen LogP contribution in [0.4, 0.5) is 0 Å². The molecule has 0 atom stereocenters. The van der Waals surface area contributed by atoms with Crippen molar-refractivity contribution in [3.05, 3.63) is 10.6 Å². The van der Waals surface area contributed by atoms with Crippen LogP contribution in [-0.4, -0.2) is 31.5 Å². The predicted molar refractivity (Wildman–Crippen MR) is 58.7 cm³/mol. The van der Waals surface area contributed by atoms with Crippen molar-refractivity contribution in [2.75, 3.05) is 21.3 Å². The van der Waals surface area contributed by atoms with Gasteiger partial charge in [-0.2, -0.15) is 0 Å². The molecule has 1 aromatic carbocycles. The number of rotatable bonds is 4. The van der Waals surface area contributed by atoms with E-state index in [0.717, 1.165) is 0 Å². The second-order valence-corrected chi connectivity index (χ2v) is 3.28. The third-order valence-electron chi connectivity index (χ3n) is 2.15. The highest BCUT2D eigenvalue weighted by Gasteiger charge is 2.24. The first-order chi connectivity index (χ1) is 7.62. The Bertz CT molecular complexity index is 360. The third-order valence-corrected chi connectivity index (χ3v) is 2.55. The minimum absolute atomic E-state index is 0.0767. The van der Waals surface area contributed by atoms with Crippen LogP contribution in [0, 0.1) is 0 Å². The number of phenols is 1. The van der Waals surface area contributed by atoms with Crippen LogP contribution >= 0.6 is 11.6 Å². The number of hydrogen-bond acceptors (Lipinski definition) is 5. The van der Waals surface area contributed by atoms with E-state index in [1.54, 1.807) is 0 Å². The maximum absolute atomic E-state index is 9.80. The van der Waals surface area contributed by atoms with Gasteiger partial charge in [0.05, 0.1) is 33.0 Å². The van der Waals surface area contributed by atoms with Gasteiger partial charge in [0, 0.05) is 5.56 Å². The number of halogens is 1. The molecule has 0 fully saturated rings. The van der Waals surface area contributed by atoms with Crippen molar-refractivity contribution < 1.29 is 24.4 Å². The molecule has 0 amide bonds. The summed E-state index contributed by atoms with van der Waals surface area (Å²) in [6.45, 7) is -0.429. The molecule has 0 aromatic heterocycles. The Morgan fingerprint density at radius 2 is 1.50 bits per heavy atom. The Hall–Kier alpha value is -1.33. The number of aromatic hydroxyl groups is 1. The van der Waals surface area contributed by atoms with Gasteiger partial charge >= 0.3 is 0 Å². The molecule has 0 saturated carbocycles. The van der Waals surface area contributed by atoms with Gasteiger partial charge in [0.1, 0.15) is 0 Å². The second-order valence-electron chi connectivity index (χ2n) is 2.90. The van der Waals surface area contributed by atoms with E-state index in [1.807, 2.05) is 0 Å². The highest BCUT2D eigenvalue weighted by Crippen LogP contribution is 2.51. The van der Waals surface area contributed by atoms with E-state index in [1.165, 1.54) is 21.3 Å². The summed E-state index contributed by atoms with van der Waals surface area (Å²) < 4.78 is 15.1. The molecule has 0 aliphatic heterocycles. The van der Waals surface area contributed by atoms with Crippen LogP contribution in [0.25, 0.3) is 0 Å². The van der Waals surface area contributed by atoms with Crippen molar-refractivity contribution in [3.8, 4) is 23.0 Å². The molecule has 1 aromatic rings. The summed E-state index contributed by atoms with van der Waals surface area (Å²) in [5.41, 5.74) is 0.135. The summed E-state index contributed by atoms with van der Waals surface area (Å²) in [6.07, 6.45) is 0. The van der Waals surface area contributed by atoms with Gasteiger partial charge in [0.25, 0.3) is 0 Å². The lowest BCUT2D eigenvalue weighted by molar-refractivity contribution is 0.266. The average molecular weight is 249 g/mol. The van der Waals surface area contributed by atoms with Crippen molar-refractivity contribution in [1.29, 1.82) is 0 Å². The molecule has 0 unspecified atom stereocenters. The van der Waals surface area contributed by atoms with Gasteiger partial charge in [-0.3, -0.25) is 0 Å². The van der Waals surface area contributed by atoms with Gasteiger partial charge in [-0.1, -0.05) is 11.6 Å². The number of ether oxygens (including phenoxy) is 3. The number of methoxy groups -OCH3 is 3. The van der Waals surface area contributed by atoms with Gasteiger partial charge in [-0.15, -0.1) is 0 Å². The van der Waals surface area contributed by atoms with Gasteiger partial charge in [-0.05, 0) is 0 Å². The molecule has 0 aliphatic carbocycles. The molecule has 1 rings (SSSR count). The van der Waals surface area contributed by atoms with Crippen LogP contribution in [-0.2, 0) is 6.61 Å². The Morgan fingerprint density at radius 1 is 1.00 bits per heavy atom. The summed E-state index contributed by atoms with van der Waals surface area (Å²) in [7, 11) is 4.17. The van der Waals surface area contributed by atoms with E-state index in [4.69, 9.17) is 30.9 Å². The van der Waals surface area contributed by atoms with Crippen LogP contribution in [0.3, 0.4) is 0 Å². The molecule has 90 valence electrons. The van der Waals surface area contributed by atoms with Crippen LogP contribution < -0.4 is 14.2 Å². The summed E-state index contributed by atoms with van der Waals surface area (Å²) in [5.74, 6) is 0.216. The zero-order valence-electron chi connectivity index (χ0n) is 9.20. The van der Waals surface area contributed by atoms with E-state index < -0.39 is 6.61 Å². The predicted octanol–water partition coefficient (Wildman–Crippen LogP) is 1.56. The zero-order chi connectivity index (χ0) is 12.3. The van der Waals surface area contributed by atoms with Crippen molar-refractivity contribution >= 4 is 11.6 Å². The van der Waals surface area contributed by atoms with Crippen molar-refractivity contribution in [3.63, 3.8) is 0 Å². The van der Waals surface area contributed by atoms with Crippen LogP contribution in [0.1, 0.15) is 5.56 Å². The molecule has 0 spiro atoms. The molecule has 6 heteroatoms. The Balaban J connectivity index is 3.61. The van der Waals surface area contributed by atoms with Gasteiger partial charge in [0.2, 0.25) is 11.5 Å².